The molecule has 0 bridgehead atoms. The second-order valence-corrected chi connectivity index (χ2v) is 9.00. The van der Waals surface area contributed by atoms with Crippen molar-refractivity contribution in [3.05, 3.63) is 83.4 Å². The van der Waals surface area contributed by atoms with Crippen LogP contribution in [0.2, 0.25) is 0 Å². The summed E-state index contributed by atoms with van der Waals surface area (Å²) in [6, 6.07) is 21.5. The predicted molar refractivity (Wildman–Crippen MR) is 147 cm³/mol. The standard InChI is InChI=1S/C29H30N4O4/c1-19-17-22(33-13-15-37-16-14-33)10-11-24(19)30-27(20-7-5-4-6-8-20)26-23-18-21(32(2)29(35)36-3)9-12-25(23)31-28(26)34/h4-12,17-18,31,34H,13-16H2,1-3H3. The van der Waals surface area contributed by atoms with E-state index in [2.05, 4.69) is 22.0 Å². The van der Waals surface area contributed by atoms with Crippen molar-refractivity contribution in [2.45, 2.75) is 6.92 Å². The van der Waals surface area contributed by atoms with Crippen LogP contribution in [0.4, 0.5) is 21.9 Å². The lowest BCUT2D eigenvalue weighted by molar-refractivity contribution is 0.122. The normalized spacial score (nSPS) is 14.1. The fourth-order valence-corrected chi connectivity index (χ4v) is 4.62. The zero-order valence-corrected chi connectivity index (χ0v) is 21.2. The summed E-state index contributed by atoms with van der Waals surface area (Å²) in [5.74, 6) is 0.0121. The summed E-state index contributed by atoms with van der Waals surface area (Å²) in [6.07, 6.45) is -0.478. The van der Waals surface area contributed by atoms with Crippen LogP contribution >= 0.6 is 0 Å². The quantitative estimate of drug-likeness (QED) is 0.360. The summed E-state index contributed by atoms with van der Waals surface area (Å²) in [7, 11) is 2.99. The van der Waals surface area contributed by atoms with Gasteiger partial charge in [-0.1, -0.05) is 30.3 Å². The van der Waals surface area contributed by atoms with Crippen molar-refractivity contribution in [3.8, 4) is 5.88 Å². The average molecular weight is 499 g/mol. The molecule has 1 aromatic heterocycles. The summed E-state index contributed by atoms with van der Waals surface area (Å²) in [5.41, 5.74) is 6.42. The average Bonchev–Trinajstić information content (AvgIpc) is 3.27. The van der Waals surface area contributed by atoms with Crippen molar-refractivity contribution >= 4 is 39.8 Å². The fraction of sp³-hybridized carbons (Fsp3) is 0.241. The van der Waals surface area contributed by atoms with Crippen LogP contribution in [0.15, 0.2) is 71.7 Å². The van der Waals surface area contributed by atoms with Gasteiger partial charge >= 0.3 is 6.09 Å². The first-order chi connectivity index (χ1) is 18.0. The molecule has 5 rings (SSSR count). The molecule has 0 saturated carbocycles. The van der Waals surface area contributed by atoms with Gasteiger partial charge in [-0.05, 0) is 48.9 Å². The van der Waals surface area contributed by atoms with E-state index in [1.165, 1.54) is 12.0 Å². The lowest BCUT2D eigenvalue weighted by Gasteiger charge is -2.29. The molecule has 1 aliphatic rings. The van der Waals surface area contributed by atoms with E-state index in [4.69, 9.17) is 14.5 Å². The molecule has 3 aromatic carbocycles. The number of aromatic amines is 1. The maximum Gasteiger partial charge on any atom is 0.413 e. The summed E-state index contributed by atoms with van der Waals surface area (Å²) < 4.78 is 10.4. The Morgan fingerprint density at radius 3 is 2.54 bits per heavy atom. The number of hydrogen-bond acceptors (Lipinski definition) is 6. The number of aliphatic imine (C=N–C) groups is 1. The number of carbonyl (C=O) groups excluding carboxylic acids is 1. The SMILES string of the molecule is COC(=O)N(C)c1ccc2[nH]c(O)c(C(=Nc3ccc(N4CCOCC4)cc3C)c3ccccc3)c2c1. The molecule has 0 radical (unpaired) electrons. The van der Waals surface area contributed by atoms with Gasteiger partial charge in [-0.2, -0.15) is 0 Å². The predicted octanol–water partition coefficient (Wildman–Crippen LogP) is 5.39. The van der Waals surface area contributed by atoms with Crippen LogP contribution in [0.5, 0.6) is 5.88 Å². The third-order valence-electron chi connectivity index (χ3n) is 6.67. The number of fused-ring (bicyclic) bond motifs is 1. The molecule has 0 atom stereocenters. The van der Waals surface area contributed by atoms with Gasteiger partial charge in [0, 0.05) is 48.0 Å². The molecule has 0 aliphatic carbocycles. The van der Waals surface area contributed by atoms with Crippen LogP contribution in [0.1, 0.15) is 16.7 Å². The maximum atomic E-state index is 12.1. The number of benzene rings is 3. The molecule has 0 unspecified atom stereocenters. The van der Waals surface area contributed by atoms with Gasteiger partial charge in [0.25, 0.3) is 0 Å². The van der Waals surface area contributed by atoms with Gasteiger partial charge in [-0.3, -0.25) is 4.90 Å². The van der Waals surface area contributed by atoms with E-state index in [1.54, 1.807) is 13.1 Å². The number of nitrogens with one attached hydrogen (secondary N) is 1. The molecule has 1 amide bonds. The highest BCUT2D eigenvalue weighted by atomic mass is 16.5. The molecule has 37 heavy (non-hydrogen) atoms. The van der Waals surface area contributed by atoms with Crippen molar-refractivity contribution in [1.82, 2.24) is 4.98 Å². The minimum absolute atomic E-state index is 0.0121. The molecule has 4 aromatic rings. The Morgan fingerprint density at radius 1 is 1.08 bits per heavy atom. The first kappa shape index (κ1) is 24.4. The number of hydrogen-bond donors (Lipinski definition) is 2. The van der Waals surface area contributed by atoms with Crippen LogP contribution in [0.3, 0.4) is 0 Å². The molecule has 1 saturated heterocycles. The molecule has 190 valence electrons. The van der Waals surface area contributed by atoms with Gasteiger partial charge in [0.05, 0.1) is 37.3 Å². The number of rotatable bonds is 5. The molecule has 2 N–H and O–H groups in total. The number of anilines is 2. The number of methoxy groups -OCH3 is 1. The van der Waals surface area contributed by atoms with E-state index in [9.17, 15) is 9.90 Å². The van der Waals surface area contributed by atoms with E-state index in [-0.39, 0.29) is 5.88 Å². The van der Waals surface area contributed by atoms with Crippen molar-refractivity contribution in [2.75, 3.05) is 50.3 Å². The smallest absolute Gasteiger partial charge is 0.413 e. The van der Waals surface area contributed by atoms with Crippen molar-refractivity contribution in [1.29, 1.82) is 0 Å². The Morgan fingerprint density at radius 2 is 1.84 bits per heavy atom. The zero-order chi connectivity index (χ0) is 25.9. The third kappa shape index (κ3) is 4.88. The van der Waals surface area contributed by atoms with Crippen LogP contribution in [-0.4, -0.2) is 62.4 Å². The topological polar surface area (TPSA) is 90.4 Å². The molecular weight excluding hydrogens is 468 g/mol. The van der Waals surface area contributed by atoms with Crippen molar-refractivity contribution < 1.29 is 19.4 Å². The van der Waals surface area contributed by atoms with Crippen molar-refractivity contribution in [3.63, 3.8) is 0 Å². The van der Waals surface area contributed by atoms with E-state index < -0.39 is 6.09 Å². The van der Waals surface area contributed by atoms with Gasteiger partial charge in [-0.15, -0.1) is 0 Å². The number of amides is 1. The Hall–Kier alpha value is -4.30. The van der Waals surface area contributed by atoms with Crippen molar-refractivity contribution in [2.24, 2.45) is 4.99 Å². The molecule has 2 heterocycles. The van der Waals surface area contributed by atoms with E-state index in [0.717, 1.165) is 59.7 Å². The number of nitrogens with zero attached hydrogens (tertiary/aromatic N) is 3. The second kappa shape index (κ2) is 10.4. The second-order valence-electron chi connectivity index (χ2n) is 9.00. The van der Waals surface area contributed by atoms with Gasteiger partial charge in [0.15, 0.2) is 5.88 Å². The lowest BCUT2D eigenvalue weighted by Crippen LogP contribution is -2.36. The summed E-state index contributed by atoms with van der Waals surface area (Å²) in [4.78, 5) is 24.0. The largest absolute Gasteiger partial charge is 0.494 e. The van der Waals surface area contributed by atoms with Crippen LogP contribution < -0.4 is 9.80 Å². The van der Waals surface area contributed by atoms with E-state index >= 15 is 0 Å². The highest BCUT2D eigenvalue weighted by Gasteiger charge is 2.21. The first-order valence-electron chi connectivity index (χ1n) is 12.2. The third-order valence-corrected chi connectivity index (χ3v) is 6.67. The highest BCUT2D eigenvalue weighted by Crippen LogP contribution is 2.35. The number of carbonyl (C=O) groups is 1. The molecule has 8 heteroatoms. The van der Waals surface area contributed by atoms with Crippen LogP contribution in [-0.2, 0) is 9.47 Å². The molecule has 0 spiro atoms. The molecule has 1 aliphatic heterocycles. The minimum atomic E-state index is -0.478. The Kier molecular flexibility index (Phi) is 6.83. The Balaban J connectivity index is 1.64. The summed E-state index contributed by atoms with van der Waals surface area (Å²) in [6.45, 7) is 5.23. The van der Waals surface area contributed by atoms with Gasteiger partial charge in [-0.25, -0.2) is 9.79 Å². The number of aryl methyl sites for hydroxylation is 1. The van der Waals surface area contributed by atoms with E-state index in [1.807, 2.05) is 55.5 Å². The first-order valence-corrected chi connectivity index (χ1v) is 12.2. The number of aromatic nitrogens is 1. The number of morpholine rings is 1. The number of aromatic hydroxyl groups is 1. The molecule has 8 nitrogen and oxygen atoms in total. The number of ether oxygens (including phenoxy) is 2. The summed E-state index contributed by atoms with van der Waals surface area (Å²) >= 11 is 0. The van der Waals surface area contributed by atoms with Crippen LogP contribution in [0.25, 0.3) is 10.9 Å². The van der Waals surface area contributed by atoms with Gasteiger partial charge in [0.1, 0.15) is 0 Å². The number of H-pyrrole nitrogens is 1. The molecule has 1 fully saturated rings. The molecular formula is C29H30N4O4. The highest BCUT2D eigenvalue weighted by molar-refractivity contribution is 6.22. The van der Waals surface area contributed by atoms with Crippen LogP contribution in [0, 0.1) is 6.92 Å². The summed E-state index contributed by atoms with van der Waals surface area (Å²) in [5, 5.41) is 11.8. The maximum absolute atomic E-state index is 12.1. The van der Waals surface area contributed by atoms with E-state index in [0.29, 0.717) is 17.0 Å². The minimum Gasteiger partial charge on any atom is -0.494 e. The Bertz CT molecular complexity index is 1460. The van der Waals surface area contributed by atoms with Gasteiger partial charge < -0.3 is 24.5 Å². The monoisotopic (exact) mass is 498 g/mol. The Labute approximate surface area is 215 Å². The van der Waals surface area contributed by atoms with Gasteiger partial charge in [0.2, 0.25) is 0 Å². The lowest BCUT2D eigenvalue weighted by atomic mass is 10.00. The fourth-order valence-electron chi connectivity index (χ4n) is 4.62. The zero-order valence-electron chi connectivity index (χ0n) is 21.2.